The lowest BCUT2D eigenvalue weighted by Gasteiger charge is -2.07. The molecule has 0 radical (unpaired) electrons. The van der Waals surface area contributed by atoms with E-state index in [1.165, 1.54) is 23.9 Å². The molecule has 0 spiro atoms. The predicted molar refractivity (Wildman–Crippen MR) is 79.4 cm³/mol. The van der Waals surface area contributed by atoms with E-state index in [1.807, 2.05) is 0 Å². The molecule has 0 unspecified atom stereocenters. The van der Waals surface area contributed by atoms with Gasteiger partial charge in [-0.15, -0.1) is 11.8 Å². The lowest BCUT2D eigenvalue weighted by atomic mass is 10.3. The van der Waals surface area contributed by atoms with Crippen LogP contribution in [0.15, 0.2) is 41.4 Å². The molecular formula is C13H11ClFN3OS. The maximum Gasteiger partial charge on any atom is 0.234 e. The molecule has 0 aliphatic heterocycles. The molecule has 3 N–H and O–H groups in total. The summed E-state index contributed by atoms with van der Waals surface area (Å²) in [6.45, 7) is 0. The first-order valence-corrected chi connectivity index (χ1v) is 7.00. The number of halogens is 2. The standard InChI is InChI=1S/C13H11ClFN3OS/c14-10-5-8(15)1-3-11(10)18-13(19)7-20-9-2-4-12(16)17-6-9/h1-6H,7H2,(H2,16,17)(H,18,19). The second-order valence-electron chi connectivity index (χ2n) is 3.88. The van der Waals surface area contributed by atoms with Crippen LogP contribution in [0.4, 0.5) is 15.9 Å². The van der Waals surface area contributed by atoms with E-state index in [0.717, 1.165) is 11.0 Å². The van der Waals surface area contributed by atoms with Crippen molar-refractivity contribution in [3.05, 3.63) is 47.4 Å². The topological polar surface area (TPSA) is 68.0 Å². The van der Waals surface area contributed by atoms with Crippen molar-refractivity contribution >= 4 is 40.8 Å². The zero-order valence-electron chi connectivity index (χ0n) is 10.3. The summed E-state index contributed by atoms with van der Waals surface area (Å²) in [5.41, 5.74) is 5.85. The van der Waals surface area contributed by atoms with Crippen LogP contribution in [-0.4, -0.2) is 16.6 Å². The fraction of sp³-hybridized carbons (Fsp3) is 0.0769. The summed E-state index contributed by atoms with van der Waals surface area (Å²) in [5.74, 6) is -0.0631. The third kappa shape index (κ3) is 4.11. The number of hydrogen-bond donors (Lipinski definition) is 2. The van der Waals surface area contributed by atoms with Gasteiger partial charge in [0.05, 0.1) is 16.5 Å². The molecule has 0 bridgehead atoms. The van der Waals surface area contributed by atoms with Crippen LogP contribution in [0.25, 0.3) is 0 Å². The van der Waals surface area contributed by atoms with Crippen molar-refractivity contribution in [1.82, 2.24) is 4.98 Å². The molecule has 20 heavy (non-hydrogen) atoms. The molecule has 1 aromatic heterocycles. The van der Waals surface area contributed by atoms with Crippen LogP contribution in [0.5, 0.6) is 0 Å². The first kappa shape index (κ1) is 14.6. The molecule has 1 aromatic carbocycles. The number of nitrogens with one attached hydrogen (secondary N) is 1. The lowest BCUT2D eigenvalue weighted by molar-refractivity contribution is -0.113. The minimum absolute atomic E-state index is 0.164. The number of thioether (sulfide) groups is 1. The van der Waals surface area contributed by atoms with Gasteiger partial charge in [-0.1, -0.05) is 11.6 Å². The van der Waals surface area contributed by atoms with Crippen molar-refractivity contribution in [2.75, 3.05) is 16.8 Å². The number of nitrogens with zero attached hydrogens (tertiary/aromatic N) is 1. The maximum atomic E-state index is 12.9. The van der Waals surface area contributed by atoms with Gasteiger partial charge >= 0.3 is 0 Å². The number of rotatable bonds is 4. The van der Waals surface area contributed by atoms with Gasteiger partial charge < -0.3 is 11.1 Å². The minimum atomic E-state index is -0.449. The normalized spacial score (nSPS) is 10.3. The number of amides is 1. The number of benzene rings is 1. The summed E-state index contributed by atoms with van der Waals surface area (Å²) in [6.07, 6.45) is 1.60. The zero-order valence-corrected chi connectivity index (χ0v) is 11.8. The number of aromatic nitrogens is 1. The van der Waals surface area contributed by atoms with Gasteiger partial charge in [0.1, 0.15) is 11.6 Å². The molecule has 7 heteroatoms. The van der Waals surface area contributed by atoms with E-state index in [9.17, 15) is 9.18 Å². The average molecular weight is 312 g/mol. The molecule has 104 valence electrons. The second kappa shape index (κ2) is 6.58. The highest BCUT2D eigenvalue weighted by atomic mass is 35.5. The molecule has 2 aromatic rings. The second-order valence-corrected chi connectivity index (χ2v) is 5.34. The highest BCUT2D eigenvalue weighted by Crippen LogP contribution is 2.23. The number of nitrogen functional groups attached to an aromatic ring is 1. The highest BCUT2D eigenvalue weighted by molar-refractivity contribution is 8.00. The van der Waals surface area contributed by atoms with Gasteiger partial charge in [0, 0.05) is 11.1 Å². The molecule has 0 atom stereocenters. The summed E-state index contributed by atoms with van der Waals surface area (Å²) < 4.78 is 12.9. The molecule has 1 amide bonds. The number of pyridine rings is 1. The van der Waals surface area contributed by atoms with Crippen molar-refractivity contribution in [3.8, 4) is 0 Å². The molecule has 0 aliphatic carbocycles. The van der Waals surface area contributed by atoms with E-state index in [1.54, 1.807) is 18.3 Å². The lowest BCUT2D eigenvalue weighted by Crippen LogP contribution is -2.14. The van der Waals surface area contributed by atoms with Crippen molar-refractivity contribution in [1.29, 1.82) is 0 Å². The molecule has 0 aliphatic rings. The molecule has 0 saturated carbocycles. The Hall–Kier alpha value is -1.79. The predicted octanol–water partition coefficient (Wildman–Crippen LogP) is 3.19. The molecule has 0 fully saturated rings. The Kier molecular flexibility index (Phi) is 4.81. The Morgan fingerprint density at radius 2 is 2.20 bits per heavy atom. The van der Waals surface area contributed by atoms with Crippen molar-refractivity contribution in [2.24, 2.45) is 0 Å². The number of carbonyl (C=O) groups excluding carboxylic acids is 1. The van der Waals surface area contributed by atoms with Crippen LogP contribution in [0, 0.1) is 5.82 Å². The molecular weight excluding hydrogens is 301 g/mol. The fourth-order valence-corrected chi connectivity index (χ4v) is 2.28. The van der Waals surface area contributed by atoms with Crippen LogP contribution in [0.3, 0.4) is 0 Å². The van der Waals surface area contributed by atoms with Gasteiger partial charge in [0.25, 0.3) is 0 Å². The van der Waals surface area contributed by atoms with Crippen LogP contribution < -0.4 is 11.1 Å². The Morgan fingerprint density at radius 3 is 2.85 bits per heavy atom. The SMILES string of the molecule is Nc1ccc(SCC(=O)Nc2ccc(F)cc2Cl)cn1. The van der Waals surface area contributed by atoms with E-state index < -0.39 is 5.82 Å². The van der Waals surface area contributed by atoms with Crippen molar-refractivity contribution in [2.45, 2.75) is 4.90 Å². The fourth-order valence-electron chi connectivity index (χ4n) is 1.40. The van der Waals surface area contributed by atoms with Crippen molar-refractivity contribution < 1.29 is 9.18 Å². The van der Waals surface area contributed by atoms with Gasteiger partial charge in [-0.2, -0.15) is 0 Å². The largest absolute Gasteiger partial charge is 0.384 e. The summed E-state index contributed by atoms with van der Waals surface area (Å²) in [7, 11) is 0. The first-order valence-electron chi connectivity index (χ1n) is 5.64. The van der Waals surface area contributed by atoms with E-state index >= 15 is 0 Å². The number of anilines is 2. The number of nitrogens with two attached hydrogens (primary N) is 1. The van der Waals surface area contributed by atoms with Gasteiger partial charge in [-0.3, -0.25) is 4.79 Å². The highest BCUT2D eigenvalue weighted by Gasteiger charge is 2.07. The summed E-state index contributed by atoms with van der Waals surface area (Å²) in [5, 5.41) is 2.78. The molecule has 4 nitrogen and oxygen atoms in total. The summed E-state index contributed by atoms with van der Waals surface area (Å²) >= 11 is 7.14. The van der Waals surface area contributed by atoms with Gasteiger partial charge in [0.15, 0.2) is 0 Å². The monoisotopic (exact) mass is 311 g/mol. The van der Waals surface area contributed by atoms with E-state index in [-0.39, 0.29) is 16.7 Å². The van der Waals surface area contributed by atoms with Gasteiger partial charge in [0.2, 0.25) is 5.91 Å². The third-order valence-corrected chi connectivity index (χ3v) is 3.63. The smallest absolute Gasteiger partial charge is 0.234 e. The first-order chi connectivity index (χ1) is 9.54. The maximum absolute atomic E-state index is 12.9. The van der Waals surface area contributed by atoms with Crippen LogP contribution in [0.2, 0.25) is 5.02 Å². The average Bonchev–Trinajstić information content (AvgIpc) is 2.41. The quantitative estimate of drug-likeness (QED) is 0.851. The Balaban J connectivity index is 1.90. The Bertz CT molecular complexity index is 622. The summed E-state index contributed by atoms with van der Waals surface area (Å²) in [6, 6.07) is 7.25. The van der Waals surface area contributed by atoms with E-state index in [2.05, 4.69) is 10.3 Å². The van der Waals surface area contributed by atoms with Gasteiger partial charge in [-0.25, -0.2) is 9.37 Å². The number of hydrogen-bond acceptors (Lipinski definition) is 4. The zero-order chi connectivity index (χ0) is 14.5. The Morgan fingerprint density at radius 1 is 1.40 bits per heavy atom. The molecule has 2 rings (SSSR count). The minimum Gasteiger partial charge on any atom is -0.384 e. The third-order valence-electron chi connectivity index (χ3n) is 2.33. The van der Waals surface area contributed by atoms with Gasteiger partial charge in [-0.05, 0) is 30.3 Å². The Labute approximate surface area is 124 Å². The summed E-state index contributed by atoms with van der Waals surface area (Å²) in [4.78, 5) is 16.5. The van der Waals surface area contributed by atoms with Crippen LogP contribution in [0.1, 0.15) is 0 Å². The van der Waals surface area contributed by atoms with E-state index in [4.69, 9.17) is 17.3 Å². The number of carbonyl (C=O) groups is 1. The molecule has 1 heterocycles. The molecule has 0 saturated heterocycles. The van der Waals surface area contributed by atoms with Crippen LogP contribution in [-0.2, 0) is 4.79 Å². The van der Waals surface area contributed by atoms with Crippen molar-refractivity contribution in [3.63, 3.8) is 0 Å². The van der Waals surface area contributed by atoms with Crippen LogP contribution >= 0.6 is 23.4 Å². The van der Waals surface area contributed by atoms with E-state index in [0.29, 0.717) is 11.5 Å².